The van der Waals surface area contributed by atoms with E-state index in [9.17, 15) is 0 Å². The average molecular weight is 237 g/mol. The van der Waals surface area contributed by atoms with Gasteiger partial charge in [-0.15, -0.1) is 0 Å². The molecule has 0 bridgehead atoms. The molecule has 0 rings (SSSR count). The van der Waals surface area contributed by atoms with Crippen LogP contribution in [0.25, 0.3) is 0 Å². The van der Waals surface area contributed by atoms with Crippen molar-refractivity contribution in [1.29, 1.82) is 0 Å². The second-order valence-corrected chi connectivity index (χ2v) is 4.39. The number of rotatable bonds is 6. The molecule has 74 valence electrons. The fourth-order valence-electron chi connectivity index (χ4n) is 0.696. The summed E-state index contributed by atoms with van der Waals surface area (Å²) in [5.41, 5.74) is 0.309. The van der Waals surface area contributed by atoms with E-state index in [0.29, 0.717) is 11.5 Å². The van der Waals surface area contributed by atoms with Gasteiger partial charge >= 0.3 is 0 Å². The lowest BCUT2D eigenvalue weighted by molar-refractivity contribution is 0.0115. The van der Waals surface area contributed by atoms with E-state index in [1.54, 1.807) is 0 Å². The Hall–Kier alpha value is 0.440. The van der Waals surface area contributed by atoms with Gasteiger partial charge in [0.2, 0.25) is 0 Å². The van der Waals surface area contributed by atoms with E-state index in [1.807, 2.05) is 0 Å². The molecule has 0 aromatic heterocycles. The molecule has 2 heteroatoms. The molecule has 0 N–H and O–H groups in total. The second kappa shape index (κ2) is 5.98. The van der Waals surface area contributed by atoms with Gasteiger partial charge in [0.05, 0.1) is 12.7 Å². The van der Waals surface area contributed by atoms with E-state index in [-0.39, 0.29) is 0 Å². The van der Waals surface area contributed by atoms with Crippen molar-refractivity contribution in [3.63, 3.8) is 0 Å². The van der Waals surface area contributed by atoms with Crippen molar-refractivity contribution in [2.24, 2.45) is 5.41 Å². The Bertz CT molecular complexity index is 110. The van der Waals surface area contributed by atoms with Crippen molar-refractivity contribution in [2.75, 3.05) is 11.9 Å². The first-order valence-corrected chi connectivity index (χ1v) is 5.87. The third kappa shape index (κ3) is 4.46. The summed E-state index contributed by atoms with van der Waals surface area (Å²) in [7, 11) is 0. The van der Waals surface area contributed by atoms with Crippen LogP contribution in [-0.2, 0) is 4.74 Å². The third-order valence-corrected chi connectivity index (χ3v) is 3.82. The summed E-state index contributed by atoms with van der Waals surface area (Å²) < 4.78 is 5.71. The molecule has 0 amide bonds. The molecule has 2 atom stereocenters. The van der Waals surface area contributed by atoms with Gasteiger partial charge in [-0.05, 0) is 19.8 Å². The maximum atomic E-state index is 5.71. The van der Waals surface area contributed by atoms with Crippen LogP contribution >= 0.6 is 15.9 Å². The highest BCUT2D eigenvalue weighted by atomic mass is 79.9. The molecule has 12 heavy (non-hydrogen) atoms. The lowest BCUT2D eigenvalue weighted by Crippen LogP contribution is -2.26. The van der Waals surface area contributed by atoms with Gasteiger partial charge in [0.15, 0.2) is 0 Å². The molecule has 0 saturated carbocycles. The Balaban J connectivity index is 3.72. The van der Waals surface area contributed by atoms with E-state index in [1.165, 1.54) is 0 Å². The standard InChI is InChI=1S/C10H21BrO/c1-5-9(3)12-8-10(4,6-2)7-11/h9H,5-8H2,1-4H3. The van der Waals surface area contributed by atoms with Crippen molar-refractivity contribution in [1.82, 2.24) is 0 Å². The molecule has 0 radical (unpaired) electrons. The van der Waals surface area contributed by atoms with Crippen LogP contribution in [0.3, 0.4) is 0 Å². The largest absolute Gasteiger partial charge is 0.378 e. The summed E-state index contributed by atoms with van der Waals surface area (Å²) in [5, 5.41) is 1.02. The highest BCUT2D eigenvalue weighted by molar-refractivity contribution is 9.09. The summed E-state index contributed by atoms with van der Waals surface area (Å²) in [6, 6.07) is 0. The lowest BCUT2D eigenvalue weighted by Gasteiger charge is -2.27. The minimum Gasteiger partial charge on any atom is -0.378 e. The molecule has 2 unspecified atom stereocenters. The molecular formula is C10H21BrO. The monoisotopic (exact) mass is 236 g/mol. The zero-order chi connectivity index (χ0) is 9.61. The van der Waals surface area contributed by atoms with Crippen molar-refractivity contribution >= 4 is 15.9 Å². The van der Waals surface area contributed by atoms with Gasteiger partial charge in [-0.3, -0.25) is 0 Å². The van der Waals surface area contributed by atoms with Crippen LogP contribution in [0.15, 0.2) is 0 Å². The van der Waals surface area contributed by atoms with E-state index >= 15 is 0 Å². The Morgan fingerprint density at radius 3 is 2.33 bits per heavy atom. The number of hydrogen-bond donors (Lipinski definition) is 0. The maximum absolute atomic E-state index is 5.71. The van der Waals surface area contributed by atoms with Crippen LogP contribution in [0.4, 0.5) is 0 Å². The SMILES string of the molecule is CCC(C)OCC(C)(CC)CBr. The maximum Gasteiger partial charge on any atom is 0.0544 e. The van der Waals surface area contributed by atoms with E-state index in [4.69, 9.17) is 4.74 Å². The fourth-order valence-corrected chi connectivity index (χ4v) is 1.25. The van der Waals surface area contributed by atoms with Gasteiger partial charge in [-0.1, -0.05) is 36.7 Å². The minimum atomic E-state index is 0.309. The normalized spacial score (nSPS) is 18.8. The second-order valence-electron chi connectivity index (χ2n) is 3.83. The van der Waals surface area contributed by atoms with Crippen molar-refractivity contribution < 1.29 is 4.74 Å². The number of ether oxygens (including phenoxy) is 1. The summed E-state index contributed by atoms with van der Waals surface area (Å²) in [6.45, 7) is 9.61. The predicted molar refractivity (Wildman–Crippen MR) is 57.9 cm³/mol. The van der Waals surface area contributed by atoms with Crippen LogP contribution in [0.5, 0.6) is 0 Å². The highest BCUT2D eigenvalue weighted by Gasteiger charge is 2.21. The number of halogens is 1. The molecule has 1 nitrogen and oxygen atoms in total. The van der Waals surface area contributed by atoms with Crippen LogP contribution in [0, 0.1) is 5.41 Å². The Morgan fingerprint density at radius 2 is 2.00 bits per heavy atom. The van der Waals surface area contributed by atoms with Gasteiger partial charge in [-0.25, -0.2) is 0 Å². The number of alkyl halides is 1. The lowest BCUT2D eigenvalue weighted by atomic mass is 9.91. The molecule has 0 aromatic rings. The van der Waals surface area contributed by atoms with Crippen LogP contribution in [0.1, 0.15) is 40.5 Å². The summed E-state index contributed by atoms with van der Waals surface area (Å²) in [5.74, 6) is 0. The summed E-state index contributed by atoms with van der Waals surface area (Å²) >= 11 is 3.52. The Kier molecular flexibility index (Phi) is 6.20. The zero-order valence-corrected chi connectivity index (χ0v) is 10.3. The zero-order valence-electron chi connectivity index (χ0n) is 8.69. The molecule has 0 aromatic carbocycles. The molecule has 0 heterocycles. The summed E-state index contributed by atoms with van der Waals surface area (Å²) in [4.78, 5) is 0. The van der Waals surface area contributed by atoms with Crippen molar-refractivity contribution in [3.05, 3.63) is 0 Å². The Labute approximate surface area is 85.0 Å². The third-order valence-electron chi connectivity index (χ3n) is 2.47. The highest BCUT2D eigenvalue weighted by Crippen LogP contribution is 2.24. The van der Waals surface area contributed by atoms with Crippen LogP contribution in [-0.4, -0.2) is 18.0 Å². The van der Waals surface area contributed by atoms with E-state index in [0.717, 1.165) is 24.8 Å². The smallest absolute Gasteiger partial charge is 0.0544 e. The first-order chi connectivity index (χ1) is 5.58. The Morgan fingerprint density at radius 1 is 1.42 bits per heavy atom. The molecule has 0 saturated heterocycles. The van der Waals surface area contributed by atoms with Gasteiger partial charge in [0.25, 0.3) is 0 Å². The average Bonchev–Trinajstić information content (AvgIpc) is 2.13. The van der Waals surface area contributed by atoms with Crippen LogP contribution in [0.2, 0.25) is 0 Å². The molecule has 0 aliphatic rings. The first-order valence-electron chi connectivity index (χ1n) is 4.75. The van der Waals surface area contributed by atoms with E-state index in [2.05, 4.69) is 43.6 Å². The predicted octanol–water partition coefficient (Wildman–Crippen LogP) is 3.61. The number of hydrogen-bond acceptors (Lipinski definition) is 1. The van der Waals surface area contributed by atoms with Crippen molar-refractivity contribution in [3.8, 4) is 0 Å². The topological polar surface area (TPSA) is 9.23 Å². The van der Waals surface area contributed by atoms with Gasteiger partial charge in [0.1, 0.15) is 0 Å². The molecule has 0 spiro atoms. The first kappa shape index (κ1) is 12.4. The van der Waals surface area contributed by atoms with Gasteiger partial charge < -0.3 is 4.74 Å². The van der Waals surface area contributed by atoms with E-state index < -0.39 is 0 Å². The molecule has 0 aliphatic carbocycles. The molecule has 0 fully saturated rings. The minimum absolute atomic E-state index is 0.309. The van der Waals surface area contributed by atoms with Crippen molar-refractivity contribution in [2.45, 2.75) is 46.6 Å². The van der Waals surface area contributed by atoms with Gasteiger partial charge in [-0.2, -0.15) is 0 Å². The van der Waals surface area contributed by atoms with Crippen LogP contribution < -0.4 is 0 Å². The van der Waals surface area contributed by atoms with Gasteiger partial charge in [0, 0.05) is 10.7 Å². The molecule has 0 aliphatic heterocycles. The fraction of sp³-hybridized carbons (Fsp3) is 1.00. The molecular weight excluding hydrogens is 216 g/mol. The summed E-state index contributed by atoms with van der Waals surface area (Å²) in [6.07, 6.45) is 2.66. The quantitative estimate of drug-likeness (QED) is 0.641.